The van der Waals surface area contributed by atoms with E-state index in [0.717, 1.165) is 6.42 Å². The molecule has 21 heavy (non-hydrogen) atoms. The number of esters is 1. The first-order chi connectivity index (χ1) is 9.99. The van der Waals surface area contributed by atoms with E-state index in [1.54, 1.807) is 18.2 Å². The fourth-order valence-electron chi connectivity index (χ4n) is 1.92. The third-order valence-electron chi connectivity index (χ3n) is 2.83. The van der Waals surface area contributed by atoms with E-state index in [4.69, 9.17) is 4.74 Å². The number of hydrogen-bond donors (Lipinski definition) is 1. The maximum atomic E-state index is 12.1. The summed E-state index contributed by atoms with van der Waals surface area (Å²) in [7, 11) is 0. The summed E-state index contributed by atoms with van der Waals surface area (Å²) < 4.78 is 4.85. The summed E-state index contributed by atoms with van der Waals surface area (Å²) in [6.45, 7) is 5.80. The number of hydrogen-bond acceptors (Lipinski definition) is 3. The molecule has 4 nitrogen and oxygen atoms in total. The fraction of sp³-hybridized carbons (Fsp3) is 0.412. The predicted octanol–water partition coefficient (Wildman–Crippen LogP) is 2.95. The van der Waals surface area contributed by atoms with Crippen molar-refractivity contribution < 1.29 is 14.3 Å². The zero-order valence-electron chi connectivity index (χ0n) is 12.8. The molecule has 1 amide bonds. The van der Waals surface area contributed by atoms with Gasteiger partial charge in [0, 0.05) is 18.5 Å². The number of rotatable bonds is 7. The Morgan fingerprint density at radius 1 is 1.24 bits per heavy atom. The van der Waals surface area contributed by atoms with Crippen molar-refractivity contribution in [3.63, 3.8) is 0 Å². The van der Waals surface area contributed by atoms with Gasteiger partial charge in [-0.25, -0.2) is 0 Å². The van der Waals surface area contributed by atoms with Gasteiger partial charge in [-0.3, -0.25) is 9.59 Å². The van der Waals surface area contributed by atoms with Crippen molar-refractivity contribution in [1.82, 2.24) is 5.32 Å². The Morgan fingerprint density at radius 2 is 1.90 bits per heavy atom. The molecule has 1 aromatic rings. The van der Waals surface area contributed by atoms with Gasteiger partial charge in [0.1, 0.15) is 6.61 Å². The maximum absolute atomic E-state index is 12.1. The SMILES string of the molecule is CC(=O)OC/C=C/[C@H](CC(C)C)NC(=O)c1ccccc1. The van der Waals surface area contributed by atoms with Gasteiger partial charge in [-0.1, -0.05) is 38.1 Å². The molecule has 0 spiro atoms. The van der Waals surface area contributed by atoms with E-state index in [0.29, 0.717) is 11.5 Å². The highest BCUT2D eigenvalue weighted by molar-refractivity contribution is 5.94. The molecule has 0 aliphatic carbocycles. The first kappa shape index (κ1) is 17.0. The molecule has 0 aromatic heterocycles. The lowest BCUT2D eigenvalue weighted by atomic mass is 10.0. The van der Waals surface area contributed by atoms with Gasteiger partial charge in [0.05, 0.1) is 0 Å². The smallest absolute Gasteiger partial charge is 0.302 e. The molecule has 0 radical (unpaired) electrons. The molecule has 0 saturated carbocycles. The van der Waals surface area contributed by atoms with Crippen LogP contribution in [0.4, 0.5) is 0 Å². The summed E-state index contributed by atoms with van der Waals surface area (Å²) in [4.78, 5) is 22.9. The minimum Gasteiger partial charge on any atom is -0.462 e. The average molecular weight is 289 g/mol. The van der Waals surface area contributed by atoms with Crippen molar-refractivity contribution in [2.24, 2.45) is 5.92 Å². The Balaban J connectivity index is 2.61. The van der Waals surface area contributed by atoms with Crippen molar-refractivity contribution in [2.75, 3.05) is 6.61 Å². The summed E-state index contributed by atoms with van der Waals surface area (Å²) in [6, 6.07) is 9.04. The first-order valence-electron chi connectivity index (χ1n) is 7.15. The van der Waals surface area contributed by atoms with Gasteiger partial charge >= 0.3 is 5.97 Å². The van der Waals surface area contributed by atoms with Crippen molar-refractivity contribution in [2.45, 2.75) is 33.2 Å². The Morgan fingerprint density at radius 3 is 2.48 bits per heavy atom. The summed E-state index contributed by atoms with van der Waals surface area (Å²) in [5, 5.41) is 2.99. The topological polar surface area (TPSA) is 55.4 Å². The number of amides is 1. The van der Waals surface area contributed by atoms with Crippen LogP contribution in [0.3, 0.4) is 0 Å². The van der Waals surface area contributed by atoms with E-state index >= 15 is 0 Å². The van der Waals surface area contributed by atoms with Crippen LogP contribution in [0.1, 0.15) is 37.6 Å². The minimum atomic E-state index is -0.312. The summed E-state index contributed by atoms with van der Waals surface area (Å²) >= 11 is 0. The molecule has 0 bridgehead atoms. The highest BCUT2D eigenvalue weighted by Crippen LogP contribution is 2.08. The van der Waals surface area contributed by atoms with Crippen molar-refractivity contribution in [3.8, 4) is 0 Å². The lowest BCUT2D eigenvalue weighted by molar-refractivity contribution is -0.139. The van der Waals surface area contributed by atoms with E-state index in [1.807, 2.05) is 24.3 Å². The third kappa shape index (κ3) is 7.30. The fourth-order valence-corrected chi connectivity index (χ4v) is 1.92. The van der Waals surface area contributed by atoms with E-state index in [9.17, 15) is 9.59 Å². The number of carbonyl (C=O) groups excluding carboxylic acids is 2. The van der Waals surface area contributed by atoms with Crippen molar-refractivity contribution in [1.29, 1.82) is 0 Å². The van der Waals surface area contributed by atoms with Crippen LogP contribution >= 0.6 is 0 Å². The van der Waals surface area contributed by atoms with Crippen LogP contribution in [0.5, 0.6) is 0 Å². The zero-order chi connectivity index (χ0) is 15.7. The average Bonchev–Trinajstić information content (AvgIpc) is 2.43. The quantitative estimate of drug-likeness (QED) is 0.620. The highest BCUT2D eigenvalue weighted by atomic mass is 16.5. The van der Waals surface area contributed by atoms with Crippen LogP contribution in [0.15, 0.2) is 42.5 Å². The molecular weight excluding hydrogens is 266 g/mol. The van der Waals surface area contributed by atoms with E-state index < -0.39 is 0 Å². The van der Waals surface area contributed by atoms with E-state index in [-0.39, 0.29) is 24.5 Å². The van der Waals surface area contributed by atoms with Crippen LogP contribution in [-0.4, -0.2) is 24.5 Å². The van der Waals surface area contributed by atoms with Gasteiger partial charge in [0.25, 0.3) is 5.91 Å². The van der Waals surface area contributed by atoms with Crippen molar-refractivity contribution in [3.05, 3.63) is 48.0 Å². The van der Waals surface area contributed by atoms with E-state index in [1.165, 1.54) is 6.92 Å². The second-order valence-electron chi connectivity index (χ2n) is 5.31. The van der Waals surface area contributed by atoms with Crippen LogP contribution < -0.4 is 5.32 Å². The molecule has 114 valence electrons. The summed E-state index contributed by atoms with van der Waals surface area (Å²) in [5.74, 6) is 0.0382. The summed E-state index contributed by atoms with van der Waals surface area (Å²) in [6.07, 6.45) is 4.47. The highest BCUT2D eigenvalue weighted by Gasteiger charge is 2.12. The Kier molecular flexibility index (Phi) is 7.23. The standard InChI is InChI=1S/C17H23NO3/c1-13(2)12-16(10-7-11-21-14(3)19)18-17(20)15-8-5-4-6-9-15/h4-10,13,16H,11-12H2,1-3H3,(H,18,20)/b10-7+/t16-/m1/s1. The molecule has 0 aliphatic rings. The molecule has 1 aromatic carbocycles. The van der Waals surface area contributed by atoms with Gasteiger partial charge in [-0.2, -0.15) is 0 Å². The van der Waals surface area contributed by atoms with Crippen LogP contribution in [0.2, 0.25) is 0 Å². The molecule has 1 rings (SSSR count). The number of carbonyl (C=O) groups is 2. The second-order valence-corrected chi connectivity index (χ2v) is 5.31. The molecule has 1 N–H and O–H groups in total. The van der Waals surface area contributed by atoms with Gasteiger partial charge in [0.15, 0.2) is 0 Å². The van der Waals surface area contributed by atoms with Gasteiger partial charge in [-0.15, -0.1) is 0 Å². The first-order valence-corrected chi connectivity index (χ1v) is 7.15. The van der Waals surface area contributed by atoms with Gasteiger partial charge < -0.3 is 10.1 Å². The molecule has 0 saturated heterocycles. The van der Waals surface area contributed by atoms with Gasteiger partial charge in [-0.05, 0) is 30.5 Å². The van der Waals surface area contributed by atoms with Gasteiger partial charge in [0.2, 0.25) is 0 Å². The van der Waals surface area contributed by atoms with E-state index in [2.05, 4.69) is 19.2 Å². The van der Waals surface area contributed by atoms with Crippen molar-refractivity contribution >= 4 is 11.9 Å². The number of nitrogens with one attached hydrogen (secondary N) is 1. The molecule has 0 heterocycles. The molecule has 4 heteroatoms. The molecule has 0 fully saturated rings. The minimum absolute atomic E-state index is 0.0757. The lowest BCUT2D eigenvalue weighted by Crippen LogP contribution is -2.34. The monoisotopic (exact) mass is 289 g/mol. The largest absolute Gasteiger partial charge is 0.462 e. The van der Waals surface area contributed by atoms with Crippen LogP contribution in [-0.2, 0) is 9.53 Å². The summed E-state index contributed by atoms with van der Waals surface area (Å²) in [5.41, 5.74) is 0.639. The lowest BCUT2D eigenvalue weighted by Gasteiger charge is -2.17. The molecule has 1 atom stereocenters. The molecule has 0 unspecified atom stereocenters. The predicted molar refractivity (Wildman–Crippen MR) is 82.9 cm³/mol. The normalized spacial score (nSPS) is 12.4. The molecular formula is C17H23NO3. The maximum Gasteiger partial charge on any atom is 0.302 e. The Hall–Kier alpha value is -2.10. The number of ether oxygens (including phenoxy) is 1. The second kappa shape index (κ2) is 8.95. The Labute approximate surface area is 126 Å². The Bertz CT molecular complexity index is 480. The zero-order valence-corrected chi connectivity index (χ0v) is 12.8. The number of benzene rings is 1. The third-order valence-corrected chi connectivity index (χ3v) is 2.83. The van der Waals surface area contributed by atoms with Crippen LogP contribution in [0.25, 0.3) is 0 Å². The molecule has 0 aliphatic heterocycles. The van der Waals surface area contributed by atoms with Crippen LogP contribution in [0, 0.1) is 5.92 Å².